The van der Waals surface area contributed by atoms with E-state index >= 15 is 0 Å². The average molecular weight is 204 g/mol. The lowest BCUT2D eigenvalue weighted by molar-refractivity contribution is 0.391. The van der Waals surface area contributed by atoms with E-state index in [-0.39, 0.29) is 0 Å². The van der Waals surface area contributed by atoms with Crippen molar-refractivity contribution in [3.05, 3.63) is 41.7 Å². The molecule has 0 saturated carbocycles. The zero-order valence-corrected chi connectivity index (χ0v) is 8.43. The molecule has 2 rings (SSSR count). The van der Waals surface area contributed by atoms with Crippen LogP contribution < -0.4 is 10.5 Å². The molecule has 0 unspecified atom stereocenters. The second kappa shape index (κ2) is 4.04. The molecular weight excluding hydrogens is 192 g/mol. The highest BCUT2D eigenvalue weighted by molar-refractivity contribution is 5.33. The molecule has 0 aliphatic rings. The summed E-state index contributed by atoms with van der Waals surface area (Å²) in [6.07, 6.45) is 0.668. The number of nitrogen functional groups attached to an aromatic ring is 1. The highest BCUT2D eigenvalue weighted by atomic mass is 16.5. The molecule has 2 aromatic rings. The van der Waals surface area contributed by atoms with Crippen LogP contribution in [0.5, 0.6) is 5.75 Å². The summed E-state index contributed by atoms with van der Waals surface area (Å²) in [6, 6.07) is 9.52. The molecule has 0 bridgehead atoms. The molecule has 0 saturated heterocycles. The molecule has 0 spiro atoms. The van der Waals surface area contributed by atoms with Crippen LogP contribution in [0.3, 0.4) is 0 Å². The Bertz CT molecular complexity index is 451. The fourth-order valence-electron chi connectivity index (χ4n) is 1.40. The molecule has 4 heteroatoms. The lowest BCUT2D eigenvalue weighted by Crippen LogP contribution is -1.88. The molecule has 4 nitrogen and oxygen atoms in total. The second-order valence-electron chi connectivity index (χ2n) is 3.25. The van der Waals surface area contributed by atoms with Gasteiger partial charge in [0.05, 0.1) is 7.11 Å². The second-order valence-corrected chi connectivity index (χ2v) is 3.25. The van der Waals surface area contributed by atoms with Crippen LogP contribution >= 0.6 is 0 Å². The van der Waals surface area contributed by atoms with Gasteiger partial charge in [-0.05, 0) is 17.7 Å². The van der Waals surface area contributed by atoms with E-state index < -0.39 is 0 Å². The van der Waals surface area contributed by atoms with E-state index in [1.165, 1.54) is 0 Å². The number of benzene rings is 1. The molecular formula is C11H12N2O2. The van der Waals surface area contributed by atoms with Gasteiger partial charge in [0.1, 0.15) is 11.5 Å². The van der Waals surface area contributed by atoms with E-state index in [9.17, 15) is 0 Å². The fraction of sp³-hybridized carbons (Fsp3) is 0.182. The number of nitrogens with two attached hydrogens (primary N) is 1. The first-order valence-electron chi connectivity index (χ1n) is 4.62. The summed E-state index contributed by atoms with van der Waals surface area (Å²) in [5, 5.41) is 3.63. The van der Waals surface area contributed by atoms with Crippen molar-refractivity contribution >= 4 is 5.82 Å². The van der Waals surface area contributed by atoms with Crippen molar-refractivity contribution in [1.29, 1.82) is 0 Å². The number of ether oxygens (including phenoxy) is 1. The van der Waals surface area contributed by atoms with Gasteiger partial charge in [0, 0.05) is 12.5 Å². The number of hydrogen-bond donors (Lipinski definition) is 1. The Morgan fingerprint density at radius 1 is 1.40 bits per heavy atom. The molecule has 0 amide bonds. The summed E-state index contributed by atoms with van der Waals surface area (Å²) in [4.78, 5) is 0. The topological polar surface area (TPSA) is 61.3 Å². The first kappa shape index (κ1) is 9.58. The van der Waals surface area contributed by atoms with Crippen molar-refractivity contribution < 1.29 is 9.26 Å². The quantitative estimate of drug-likeness (QED) is 0.828. The van der Waals surface area contributed by atoms with Crippen molar-refractivity contribution in [1.82, 2.24) is 5.16 Å². The Hall–Kier alpha value is -1.97. The minimum Gasteiger partial charge on any atom is -0.497 e. The SMILES string of the molecule is COc1cccc(Cc2cc(N)no2)c1. The van der Waals surface area contributed by atoms with Gasteiger partial charge in [-0.3, -0.25) is 0 Å². The zero-order chi connectivity index (χ0) is 10.7. The summed E-state index contributed by atoms with van der Waals surface area (Å²) >= 11 is 0. The van der Waals surface area contributed by atoms with Crippen LogP contribution in [-0.2, 0) is 6.42 Å². The van der Waals surface area contributed by atoms with Crippen LogP contribution in [0, 0.1) is 0 Å². The zero-order valence-electron chi connectivity index (χ0n) is 8.43. The molecule has 2 N–H and O–H groups in total. The van der Waals surface area contributed by atoms with Gasteiger partial charge in [-0.2, -0.15) is 0 Å². The Morgan fingerprint density at radius 3 is 2.93 bits per heavy atom. The number of methoxy groups -OCH3 is 1. The van der Waals surface area contributed by atoms with Gasteiger partial charge in [0.15, 0.2) is 5.82 Å². The molecule has 78 valence electrons. The van der Waals surface area contributed by atoms with Gasteiger partial charge >= 0.3 is 0 Å². The molecule has 0 fully saturated rings. The van der Waals surface area contributed by atoms with Crippen LogP contribution in [0.4, 0.5) is 5.82 Å². The van der Waals surface area contributed by atoms with Gasteiger partial charge in [-0.1, -0.05) is 17.3 Å². The Kier molecular flexibility index (Phi) is 2.58. The lowest BCUT2D eigenvalue weighted by Gasteiger charge is -2.01. The van der Waals surface area contributed by atoms with Gasteiger partial charge in [-0.15, -0.1) is 0 Å². The largest absolute Gasteiger partial charge is 0.497 e. The molecule has 0 aliphatic heterocycles. The normalized spacial score (nSPS) is 10.2. The summed E-state index contributed by atoms with van der Waals surface area (Å²) in [5.74, 6) is 1.99. The number of rotatable bonds is 3. The molecule has 0 aliphatic carbocycles. The standard InChI is InChI=1S/C11H12N2O2/c1-14-9-4-2-3-8(5-9)6-10-7-11(12)13-15-10/h2-5,7H,6H2,1H3,(H2,12,13). The molecule has 15 heavy (non-hydrogen) atoms. The maximum absolute atomic E-state index is 5.46. The maximum atomic E-state index is 5.46. The van der Waals surface area contributed by atoms with Gasteiger partial charge < -0.3 is 15.0 Å². The van der Waals surface area contributed by atoms with Crippen LogP contribution in [0.25, 0.3) is 0 Å². The smallest absolute Gasteiger partial charge is 0.167 e. The first-order chi connectivity index (χ1) is 7.28. The maximum Gasteiger partial charge on any atom is 0.167 e. The molecule has 0 radical (unpaired) electrons. The van der Waals surface area contributed by atoms with Gasteiger partial charge in [0.25, 0.3) is 0 Å². The molecule has 1 aromatic carbocycles. The summed E-state index contributed by atoms with van der Waals surface area (Å²) in [6.45, 7) is 0. The Morgan fingerprint density at radius 2 is 2.27 bits per heavy atom. The monoisotopic (exact) mass is 204 g/mol. The highest BCUT2D eigenvalue weighted by Gasteiger charge is 2.03. The predicted octanol–water partition coefficient (Wildman–Crippen LogP) is 1.86. The first-order valence-corrected chi connectivity index (χ1v) is 4.62. The van der Waals surface area contributed by atoms with Crippen molar-refractivity contribution in [2.24, 2.45) is 0 Å². The van der Waals surface area contributed by atoms with E-state index in [0.717, 1.165) is 17.1 Å². The number of hydrogen-bond acceptors (Lipinski definition) is 4. The van der Waals surface area contributed by atoms with Crippen LogP contribution in [0.1, 0.15) is 11.3 Å². The molecule has 1 aromatic heterocycles. The highest BCUT2D eigenvalue weighted by Crippen LogP contribution is 2.16. The lowest BCUT2D eigenvalue weighted by atomic mass is 10.1. The third kappa shape index (κ3) is 2.28. The minimum absolute atomic E-state index is 0.410. The van der Waals surface area contributed by atoms with E-state index in [2.05, 4.69) is 5.16 Å². The molecule has 1 heterocycles. The number of aromatic nitrogens is 1. The summed E-state index contributed by atoms with van der Waals surface area (Å²) < 4.78 is 10.2. The predicted molar refractivity (Wildman–Crippen MR) is 56.7 cm³/mol. The van der Waals surface area contributed by atoms with Crippen molar-refractivity contribution in [2.75, 3.05) is 12.8 Å². The Balaban J connectivity index is 2.16. The summed E-state index contributed by atoms with van der Waals surface area (Å²) in [5.41, 5.74) is 6.56. The van der Waals surface area contributed by atoms with Crippen LogP contribution in [-0.4, -0.2) is 12.3 Å². The van der Waals surface area contributed by atoms with Crippen molar-refractivity contribution in [3.63, 3.8) is 0 Å². The third-order valence-electron chi connectivity index (χ3n) is 2.09. The van der Waals surface area contributed by atoms with Crippen molar-refractivity contribution in [2.45, 2.75) is 6.42 Å². The average Bonchev–Trinajstić information content (AvgIpc) is 2.64. The third-order valence-corrected chi connectivity index (χ3v) is 2.09. The Labute approximate surface area is 87.6 Å². The van der Waals surface area contributed by atoms with E-state index in [1.807, 2.05) is 24.3 Å². The van der Waals surface area contributed by atoms with Gasteiger partial charge in [-0.25, -0.2) is 0 Å². The van der Waals surface area contributed by atoms with E-state index in [0.29, 0.717) is 12.2 Å². The van der Waals surface area contributed by atoms with Crippen molar-refractivity contribution in [3.8, 4) is 5.75 Å². The molecule has 0 atom stereocenters. The fourth-order valence-corrected chi connectivity index (χ4v) is 1.40. The van der Waals surface area contributed by atoms with E-state index in [1.54, 1.807) is 13.2 Å². The van der Waals surface area contributed by atoms with Gasteiger partial charge in [0.2, 0.25) is 0 Å². The van der Waals surface area contributed by atoms with E-state index in [4.69, 9.17) is 15.0 Å². The number of anilines is 1. The number of nitrogens with zero attached hydrogens (tertiary/aromatic N) is 1. The summed E-state index contributed by atoms with van der Waals surface area (Å²) in [7, 11) is 1.64. The van der Waals surface area contributed by atoms with Crippen LogP contribution in [0.2, 0.25) is 0 Å². The minimum atomic E-state index is 0.410. The van der Waals surface area contributed by atoms with Crippen LogP contribution in [0.15, 0.2) is 34.9 Å².